The highest BCUT2D eigenvalue weighted by Crippen LogP contribution is 2.75. The Hall–Kier alpha value is -1.40. The number of fused-ring (bicyclic) bond motifs is 7. The van der Waals surface area contributed by atoms with Gasteiger partial charge in [0.15, 0.2) is 0 Å². The Bertz CT molecular complexity index is 1030. The maximum Gasteiger partial charge on any atom is 0.310 e. The van der Waals surface area contributed by atoms with Crippen LogP contribution < -0.4 is 0 Å². The highest BCUT2D eigenvalue weighted by atomic mass is 16.6. The Morgan fingerprint density at radius 3 is 2.24 bits per heavy atom. The summed E-state index contributed by atoms with van der Waals surface area (Å²) in [6, 6.07) is 0. The molecule has 0 aromatic rings. The number of ether oxygens (including phenoxy) is 1. The van der Waals surface area contributed by atoms with Crippen LogP contribution in [-0.4, -0.2) is 44.6 Å². The normalized spacial score (nSPS) is 55.1. The number of esters is 1. The second-order valence-corrected chi connectivity index (χ2v) is 14.7. The highest BCUT2D eigenvalue weighted by molar-refractivity contribution is 5.77. The van der Waals surface area contributed by atoms with Crippen LogP contribution in [0, 0.1) is 45.3 Å². The van der Waals surface area contributed by atoms with E-state index in [-0.39, 0.29) is 40.0 Å². The van der Waals surface area contributed by atoms with E-state index in [0.717, 1.165) is 38.5 Å². The Morgan fingerprint density at radius 1 is 0.946 bits per heavy atom. The minimum atomic E-state index is -1.07. The number of carbonyl (C=O) groups is 2. The quantitative estimate of drug-likeness (QED) is 0.331. The van der Waals surface area contributed by atoms with E-state index in [1.807, 2.05) is 13.8 Å². The summed E-state index contributed by atoms with van der Waals surface area (Å²) in [6.07, 6.45) is 8.51. The Kier molecular flexibility index (Phi) is 5.92. The van der Waals surface area contributed by atoms with Crippen LogP contribution in [0.2, 0.25) is 0 Å². The number of aliphatic carboxylic acids is 1. The lowest BCUT2D eigenvalue weighted by Crippen LogP contribution is -2.69. The van der Waals surface area contributed by atoms with Crippen LogP contribution in [0.25, 0.3) is 0 Å². The van der Waals surface area contributed by atoms with Gasteiger partial charge in [-0.05, 0) is 99.7 Å². The molecule has 0 heterocycles. The van der Waals surface area contributed by atoms with Crippen LogP contribution in [0.4, 0.5) is 0 Å². The van der Waals surface area contributed by atoms with Gasteiger partial charge in [0.1, 0.15) is 5.60 Å². The van der Waals surface area contributed by atoms with Crippen molar-refractivity contribution in [3.8, 4) is 0 Å². The predicted octanol–water partition coefficient (Wildman–Crippen LogP) is 5.50. The number of carboxylic acid groups (broad SMARTS) is 1. The van der Waals surface area contributed by atoms with Crippen LogP contribution in [-0.2, 0) is 14.3 Å². The van der Waals surface area contributed by atoms with Crippen LogP contribution in [0.3, 0.4) is 0 Å². The van der Waals surface area contributed by atoms with Gasteiger partial charge < -0.3 is 20.1 Å². The predicted molar refractivity (Wildman–Crippen MR) is 140 cm³/mol. The average molecular weight is 517 g/mol. The van der Waals surface area contributed by atoms with E-state index >= 15 is 0 Å². The average Bonchev–Trinajstić information content (AvgIpc) is 2.79. The van der Waals surface area contributed by atoms with Crippen molar-refractivity contribution in [2.24, 2.45) is 45.3 Å². The molecule has 4 saturated carbocycles. The second kappa shape index (κ2) is 8.06. The summed E-state index contributed by atoms with van der Waals surface area (Å²) in [5.74, 6) is -1.07. The van der Waals surface area contributed by atoms with Crippen molar-refractivity contribution in [1.29, 1.82) is 0 Å². The van der Waals surface area contributed by atoms with Gasteiger partial charge in [-0.25, -0.2) is 0 Å². The van der Waals surface area contributed by atoms with E-state index in [1.165, 1.54) is 12.5 Å². The summed E-state index contributed by atoms with van der Waals surface area (Å²) in [5.41, 5.74) is -2.13. The molecular weight excluding hydrogens is 468 g/mol. The van der Waals surface area contributed by atoms with E-state index in [0.29, 0.717) is 25.2 Å². The summed E-state index contributed by atoms with van der Waals surface area (Å²) in [5, 5.41) is 33.5. The largest absolute Gasteiger partial charge is 0.481 e. The highest BCUT2D eigenvalue weighted by Gasteiger charge is 2.72. The van der Waals surface area contributed by atoms with Gasteiger partial charge in [-0.2, -0.15) is 0 Å². The number of aliphatic hydroxyl groups is 2. The smallest absolute Gasteiger partial charge is 0.310 e. The molecular formula is C31H48O6. The van der Waals surface area contributed by atoms with E-state index in [2.05, 4.69) is 33.8 Å². The summed E-state index contributed by atoms with van der Waals surface area (Å²) >= 11 is 0. The number of allylic oxidation sites excluding steroid dienone is 1. The van der Waals surface area contributed by atoms with Gasteiger partial charge in [0.05, 0.1) is 17.1 Å². The fraction of sp³-hybridized carbons (Fsp3) is 0.871. The first-order valence-corrected chi connectivity index (χ1v) is 14.5. The lowest BCUT2D eigenvalue weighted by Gasteiger charge is -2.71. The third-order valence-electron chi connectivity index (χ3n) is 13.4. The van der Waals surface area contributed by atoms with Gasteiger partial charge >= 0.3 is 11.9 Å². The topological polar surface area (TPSA) is 104 Å². The molecule has 5 aliphatic rings. The van der Waals surface area contributed by atoms with Crippen LogP contribution >= 0.6 is 0 Å². The van der Waals surface area contributed by atoms with Gasteiger partial charge in [0.25, 0.3) is 0 Å². The van der Waals surface area contributed by atoms with E-state index in [1.54, 1.807) is 0 Å². The number of hydrogen-bond acceptors (Lipinski definition) is 5. The third-order valence-corrected chi connectivity index (χ3v) is 13.4. The Morgan fingerprint density at radius 2 is 1.62 bits per heavy atom. The molecule has 3 unspecified atom stereocenters. The van der Waals surface area contributed by atoms with Gasteiger partial charge in [-0.1, -0.05) is 39.3 Å². The fourth-order valence-corrected chi connectivity index (χ4v) is 10.9. The molecule has 5 aliphatic carbocycles. The zero-order valence-electron chi connectivity index (χ0n) is 23.9. The van der Waals surface area contributed by atoms with Gasteiger partial charge in [0.2, 0.25) is 0 Å². The van der Waals surface area contributed by atoms with Crippen LogP contribution in [0.1, 0.15) is 106 Å². The maximum atomic E-state index is 12.9. The molecule has 6 heteroatoms. The molecule has 0 aromatic carbocycles. The first-order valence-electron chi connectivity index (χ1n) is 14.5. The molecule has 0 aliphatic heterocycles. The molecule has 0 bridgehead atoms. The van der Waals surface area contributed by atoms with Crippen molar-refractivity contribution in [3.05, 3.63) is 11.6 Å². The maximum absolute atomic E-state index is 12.9. The number of rotatable bonds is 2. The second-order valence-electron chi connectivity index (χ2n) is 14.7. The number of carbonyl (C=O) groups excluding carboxylic acids is 1. The van der Waals surface area contributed by atoms with Gasteiger partial charge in [-0.3, -0.25) is 9.59 Å². The molecule has 0 radical (unpaired) electrons. The zero-order chi connectivity index (χ0) is 27.4. The molecule has 0 saturated heterocycles. The van der Waals surface area contributed by atoms with Crippen molar-refractivity contribution < 1.29 is 29.6 Å². The minimum Gasteiger partial charge on any atom is -0.481 e. The SMILES string of the molecule is CC(=O)O[C@@]1(C)C2CC[C@]3(C)C(CC=C4C5[C@](C(=O)O)(CC[C@@H](C)[C@@]5(C)O)CC[C@]43C)[C@@]2(C)CC[C@@H]1O. The molecule has 5 rings (SSSR count). The monoisotopic (exact) mass is 516 g/mol. The molecule has 11 atom stereocenters. The minimum absolute atomic E-state index is 0.0382. The van der Waals surface area contributed by atoms with Crippen molar-refractivity contribution in [2.75, 3.05) is 0 Å². The molecule has 0 aromatic heterocycles. The number of aliphatic hydroxyl groups excluding tert-OH is 1. The van der Waals surface area contributed by atoms with E-state index in [9.17, 15) is 24.9 Å². The zero-order valence-corrected chi connectivity index (χ0v) is 23.9. The molecule has 6 nitrogen and oxygen atoms in total. The number of carboxylic acids is 1. The van der Waals surface area contributed by atoms with E-state index in [4.69, 9.17) is 4.74 Å². The lowest BCUT2D eigenvalue weighted by atomic mass is 9.33. The summed E-state index contributed by atoms with van der Waals surface area (Å²) < 4.78 is 5.92. The lowest BCUT2D eigenvalue weighted by molar-refractivity contribution is -0.247. The van der Waals surface area contributed by atoms with Gasteiger partial charge in [0, 0.05) is 18.8 Å². The van der Waals surface area contributed by atoms with Crippen molar-refractivity contribution in [2.45, 2.75) is 124 Å². The summed E-state index contributed by atoms with van der Waals surface area (Å²) in [6.45, 7) is 14.4. The molecule has 37 heavy (non-hydrogen) atoms. The molecule has 4 fully saturated rings. The fourth-order valence-electron chi connectivity index (χ4n) is 10.9. The molecule has 3 N–H and O–H groups in total. The molecule has 208 valence electrons. The van der Waals surface area contributed by atoms with Gasteiger partial charge in [-0.15, -0.1) is 0 Å². The molecule has 0 amide bonds. The van der Waals surface area contributed by atoms with Crippen LogP contribution in [0.5, 0.6) is 0 Å². The summed E-state index contributed by atoms with van der Waals surface area (Å²) in [4.78, 5) is 25.0. The number of hydrogen-bond donors (Lipinski definition) is 3. The van der Waals surface area contributed by atoms with Crippen LogP contribution in [0.15, 0.2) is 11.6 Å². The van der Waals surface area contributed by atoms with Crippen molar-refractivity contribution in [3.63, 3.8) is 0 Å². The first-order chi connectivity index (χ1) is 17.0. The Balaban J connectivity index is 1.62. The first kappa shape index (κ1) is 27.2. The standard InChI is InChI=1S/C31H48O6/c1-18-10-15-31(25(34)35)17-16-27(4)20(24(31)29(18,6)36)8-9-21-26(3)13-12-23(33)30(7,37-19(2)32)22(26)11-14-28(21,27)5/h8,18,21-24,33,36H,9-17H2,1-7H3,(H,34,35)/t18-,21?,22?,23+,24?,26-,27-,28-,29-,30+,31+/m1/s1. The third kappa shape index (κ3) is 3.24. The Labute approximate surface area is 222 Å². The van der Waals surface area contributed by atoms with E-state index < -0.39 is 28.7 Å². The molecule has 0 spiro atoms. The summed E-state index contributed by atoms with van der Waals surface area (Å²) in [7, 11) is 0. The van der Waals surface area contributed by atoms with Crippen molar-refractivity contribution >= 4 is 11.9 Å². The van der Waals surface area contributed by atoms with Crippen molar-refractivity contribution in [1.82, 2.24) is 0 Å².